The molecule has 0 atom stereocenters. The number of nitrogens with zero attached hydrogens (tertiary/aromatic N) is 1. The van der Waals surface area contributed by atoms with Gasteiger partial charge in [-0.25, -0.2) is 17.6 Å². The van der Waals surface area contributed by atoms with Crippen molar-refractivity contribution in [2.24, 2.45) is 0 Å². The summed E-state index contributed by atoms with van der Waals surface area (Å²) in [6.07, 6.45) is 0. The van der Waals surface area contributed by atoms with Crippen molar-refractivity contribution in [1.29, 1.82) is 0 Å². The number of sulfonamides is 1. The maximum absolute atomic E-state index is 13.2. The van der Waals surface area contributed by atoms with Gasteiger partial charge in [0.2, 0.25) is 10.0 Å². The number of carbonyl (C=O) groups is 1. The third-order valence-electron chi connectivity index (χ3n) is 3.62. The molecule has 0 aliphatic carbocycles. The molecule has 0 fully saturated rings. The molecule has 2 rings (SSSR count). The van der Waals surface area contributed by atoms with Gasteiger partial charge >= 0.3 is 5.97 Å². The average Bonchev–Trinajstić information content (AvgIpc) is 2.54. The van der Waals surface area contributed by atoms with Crippen LogP contribution in [0.4, 0.5) is 4.39 Å². The number of halogens is 1. The number of benzene rings is 2. The molecular formula is C17H18FNO4S. The Labute approximate surface area is 140 Å². The van der Waals surface area contributed by atoms with E-state index in [4.69, 9.17) is 0 Å². The van der Waals surface area contributed by atoms with Crippen LogP contribution < -0.4 is 0 Å². The number of methoxy groups -OCH3 is 1. The summed E-state index contributed by atoms with van der Waals surface area (Å²) in [5.74, 6) is -1.03. The van der Waals surface area contributed by atoms with Crippen molar-refractivity contribution in [3.63, 3.8) is 0 Å². The lowest BCUT2D eigenvalue weighted by molar-refractivity contribution is 0.0599. The Kier molecular flexibility index (Phi) is 5.36. The van der Waals surface area contributed by atoms with E-state index in [1.54, 1.807) is 19.1 Å². The van der Waals surface area contributed by atoms with E-state index in [1.165, 1.54) is 44.5 Å². The number of hydrogen-bond donors (Lipinski definition) is 0. The molecule has 0 amide bonds. The van der Waals surface area contributed by atoms with Crippen LogP contribution in [0.5, 0.6) is 0 Å². The summed E-state index contributed by atoms with van der Waals surface area (Å²) in [5.41, 5.74) is 1.34. The van der Waals surface area contributed by atoms with Crippen LogP contribution in [0.3, 0.4) is 0 Å². The molecule has 2 aromatic carbocycles. The van der Waals surface area contributed by atoms with E-state index < -0.39 is 21.8 Å². The molecule has 0 heterocycles. The Bertz CT molecular complexity index is 865. The summed E-state index contributed by atoms with van der Waals surface area (Å²) in [5, 5.41) is 0. The van der Waals surface area contributed by atoms with Gasteiger partial charge in [-0.15, -0.1) is 0 Å². The molecule has 0 saturated carbocycles. The van der Waals surface area contributed by atoms with Gasteiger partial charge in [0.15, 0.2) is 0 Å². The summed E-state index contributed by atoms with van der Waals surface area (Å²) in [6, 6.07) is 10.0. The Morgan fingerprint density at radius 1 is 1.21 bits per heavy atom. The van der Waals surface area contributed by atoms with Crippen molar-refractivity contribution in [3.8, 4) is 0 Å². The van der Waals surface area contributed by atoms with Crippen LogP contribution in [0.2, 0.25) is 0 Å². The molecule has 128 valence electrons. The number of aryl methyl sites for hydroxylation is 1. The molecule has 24 heavy (non-hydrogen) atoms. The van der Waals surface area contributed by atoms with Gasteiger partial charge in [0, 0.05) is 13.6 Å². The van der Waals surface area contributed by atoms with Crippen LogP contribution in [-0.4, -0.2) is 32.8 Å². The van der Waals surface area contributed by atoms with Gasteiger partial charge < -0.3 is 4.74 Å². The van der Waals surface area contributed by atoms with E-state index in [1.807, 2.05) is 0 Å². The fraction of sp³-hybridized carbons (Fsp3) is 0.235. The lowest BCUT2D eigenvalue weighted by atomic mass is 10.1. The zero-order chi connectivity index (χ0) is 17.9. The van der Waals surface area contributed by atoms with Crippen LogP contribution in [0.25, 0.3) is 0 Å². The first-order valence-corrected chi connectivity index (χ1v) is 8.59. The molecule has 5 nitrogen and oxygen atoms in total. The second-order valence-electron chi connectivity index (χ2n) is 5.36. The minimum atomic E-state index is -3.83. The van der Waals surface area contributed by atoms with Gasteiger partial charge in [0.1, 0.15) is 5.82 Å². The minimum absolute atomic E-state index is 0.0154. The second kappa shape index (κ2) is 7.11. The summed E-state index contributed by atoms with van der Waals surface area (Å²) in [7, 11) is -1.19. The zero-order valence-electron chi connectivity index (χ0n) is 13.6. The molecule has 0 spiro atoms. The highest BCUT2D eigenvalue weighted by atomic mass is 32.2. The van der Waals surface area contributed by atoms with Crippen molar-refractivity contribution in [2.45, 2.75) is 18.4 Å². The van der Waals surface area contributed by atoms with E-state index in [0.717, 1.165) is 4.31 Å². The van der Waals surface area contributed by atoms with Gasteiger partial charge in [0.05, 0.1) is 17.6 Å². The Hall–Kier alpha value is -2.25. The van der Waals surface area contributed by atoms with Crippen molar-refractivity contribution >= 4 is 16.0 Å². The van der Waals surface area contributed by atoms with Gasteiger partial charge in [-0.3, -0.25) is 0 Å². The van der Waals surface area contributed by atoms with E-state index >= 15 is 0 Å². The molecule has 2 aromatic rings. The highest BCUT2D eigenvalue weighted by Gasteiger charge is 2.23. The summed E-state index contributed by atoms with van der Waals surface area (Å²) in [4.78, 5) is 11.7. The topological polar surface area (TPSA) is 63.7 Å². The molecule has 0 radical (unpaired) electrons. The van der Waals surface area contributed by atoms with E-state index in [9.17, 15) is 17.6 Å². The molecule has 0 aromatic heterocycles. The highest BCUT2D eigenvalue weighted by Crippen LogP contribution is 2.21. The van der Waals surface area contributed by atoms with Crippen LogP contribution >= 0.6 is 0 Å². The Morgan fingerprint density at radius 3 is 2.54 bits per heavy atom. The standard InChI is InChI=1S/C17H18FNO4S/c1-12-7-8-15(10-16(12)17(20)23-3)24(21,22)19(2)11-13-5-4-6-14(18)9-13/h4-10H,11H2,1-3H3. The number of carbonyl (C=O) groups excluding carboxylic acids is 1. The van der Waals surface area contributed by atoms with Crippen LogP contribution in [0, 0.1) is 12.7 Å². The van der Waals surface area contributed by atoms with Crippen molar-refractivity contribution in [1.82, 2.24) is 4.31 Å². The van der Waals surface area contributed by atoms with Gasteiger partial charge in [-0.05, 0) is 42.3 Å². The fourth-order valence-corrected chi connectivity index (χ4v) is 3.43. The molecular weight excluding hydrogens is 333 g/mol. The smallest absolute Gasteiger partial charge is 0.338 e. The maximum atomic E-state index is 13.2. The molecule has 0 unspecified atom stereocenters. The Morgan fingerprint density at radius 2 is 1.92 bits per heavy atom. The Balaban J connectivity index is 2.34. The van der Waals surface area contributed by atoms with Crippen LogP contribution in [0.15, 0.2) is 47.4 Å². The molecule has 0 N–H and O–H groups in total. The SMILES string of the molecule is COC(=O)c1cc(S(=O)(=O)N(C)Cc2cccc(F)c2)ccc1C. The summed E-state index contributed by atoms with van der Waals surface area (Å²) in [6.45, 7) is 1.71. The highest BCUT2D eigenvalue weighted by molar-refractivity contribution is 7.89. The quantitative estimate of drug-likeness (QED) is 0.777. The molecule has 0 bridgehead atoms. The van der Waals surface area contributed by atoms with Crippen LogP contribution in [0.1, 0.15) is 21.5 Å². The number of rotatable bonds is 5. The normalized spacial score (nSPS) is 11.5. The summed E-state index contributed by atoms with van der Waals surface area (Å²) < 4.78 is 44.4. The molecule has 0 saturated heterocycles. The fourth-order valence-electron chi connectivity index (χ4n) is 2.25. The number of hydrogen-bond acceptors (Lipinski definition) is 4. The summed E-state index contributed by atoms with van der Waals surface area (Å²) >= 11 is 0. The van der Waals surface area contributed by atoms with Gasteiger partial charge in [-0.1, -0.05) is 18.2 Å². The first-order chi connectivity index (χ1) is 11.3. The van der Waals surface area contributed by atoms with E-state index in [0.29, 0.717) is 11.1 Å². The molecule has 0 aliphatic heterocycles. The minimum Gasteiger partial charge on any atom is -0.465 e. The first-order valence-electron chi connectivity index (χ1n) is 7.15. The first kappa shape index (κ1) is 18.1. The van der Waals surface area contributed by atoms with Crippen molar-refractivity contribution < 1.29 is 22.3 Å². The number of ether oxygens (including phenoxy) is 1. The lowest BCUT2D eigenvalue weighted by Crippen LogP contribution is -2.26. The van der Waals surface area contributed by atoms with Gasteiger partial charge in [0.25, 0.3) is 0 Å². The van der Waals surface area contributed by atoms with E-state index in [2.05, 4.69) is 4.74 Å². The van der Waals surface area contributed by atoms with Crippen molar-refractivity contribution in [2.75, 3.05) is 14.2 Å². The maximum Gasteiger partial charge on any atom is 0.338 e. The number of esters is 1. The largest absolute Gasteiger partial charge is 0.465 e. The third kappa shape index (κ3) is 3.80. The average molecular weight is 351 g/mol. The van der Waals surface area contributed by atoms with Gasteiger partial charge in [-0.2, -0.15) is 4.31 Å². The third-order valence-corrected chi connectivity index (χ3v) is 5.42. The lowest BCUT2D eigenvalue weighted by Gasteiger charge is -2.18. The zero-order valence-corrected chi connectivity index (χ0v) is 14.4. The molecule has 0 aliphatic rings. The predicted octanol–water partition coefficient (Wildman–Crippen LogP) is 2.74. The predicted molar refractivity (Wildman–Crippen MR) is 87.6 cm³/mol. The second-order valence-corrected chi connectivity index (χ2v) is 7.40. The molecule has 7 heteroatoms. The monoisotopic (exact) mass is 351 g/mol. The van der Waals surface area contributed by atoms with Crippen molar-refractivity contribution in [3.05, 3.63) is 65.0 Å². The van der Waals surface area contributed by atoms with E-state index in [-0.39, 0.29) is 17.0 Å². The van der Waals surface area contributed by atoms with Crippen LogP contribution in [-0.2, 0) is 21.3 Å².